The first-order valence-corrected chi connectivity index (χ1v) is 4.77. The van der Waals surface area contributed by atoms with Crippen LogP contribution in [-0.2, 0) is 5.88 Å². The highest BCUT2D eigenvalue weighted by molar-refractivity contribution is 6.32. The Hall–Kier alpha value is -0.660. The van der Waals surface area contributed by atoms with Gasteiger partial charge in [0, 0.05) is 5.88 Å². The Bertz CT molecular complexity index is 297. The Morgan fingerprint density at radius 3 is 2.85 bits per heavy atom. The van der Waals surface area contributed by atoms with Gasteiger partial charge in [-0.2, -0.15) is 0 Å². The van der Waals surface area contributed by atoms with Gasteiger partial charge in [0.15, 0.2) is 0 Å². The lowest BCUT2D eigenvalue weighted by molar-refractivity contribution is 0.363. The first-order chi connectivity index (χ1) is 6.27. The smallest absolute Gasteiger partial charge is 0.138 e. The minimum atomic E-state index is 0.450. The van der Waals surface area contributed by atoms with E-state index in [0.717, 1.165) is 5.56 Å². The maximum atomic E-state index is 5.89. The van der Waals surface area contributed by atoms with E-state index in [2.05, 4.69) is 6.58 Å². The van der Waals surface area contributed by atoms with Crippen LogP contribution >= 0.6 is 23.2 Å². The monoisotopic (exact) mass is 216 g/mol. The molecule has 0 radical (unpaired) electrons. The largest absolute Gasteiger partial charge is 0.488 e. The molecular weight excluding hydrogens is 207 g/mol. The van der Waals surface area contributed by atoms with Crippen molar-refractivity contribution in [3.63, 3.8) is 0 Å². The number of hydrogen-bond acceptors (Lipinski definition) is 1. The molecular formula is C10H10Cl2O. The van der Waals surface area contributed by atoms with Gasteiger partial charge in [0.05, 0.1) is 5.02 Å². The molecule has 0 aliphatic rings. The van der Waals surface area contributed by atoms with Crippen LogP contribution in [0, 0.1) is 0 Å². The maximum absolute atomic E-state index is 5.89. The summed E-state index contributed by atoms with van der Waals surface area (Å²) in [5.41, 5.74) is 0.991. The average Bonchev–Trinajstić information content (AvgIpc) is 2.17. The van der Waals surface area contributed by atoms with Crippen molar-refractivity contribution in [2.75, 3.05) is 6.61 Å². The summed E-state index contributed by atoms with van der Waals surface area (Å²) in [5, 5.41) is 0.593. The van der Waals surface area contributed by atoms with Gasteiger partial charge < -0.3 is 4.74 Å². The summed E-state index contributed by atoms with van der Waals surface area (Å²) in [6.45, 7) is 4.00. The molecule has 1 nitrogen and oxygen atoms in total. The molecule has 0 spiro atoms. The van der Waals surface area contributed by atoms with Gasteiger partial charge in [-0.25, -0.2) is 0 Å². The van der Waals surface area contributed by atoms with Crippen molar-refractivity contribution >= 4 is 23.2 Å². The van der Waals surface area contributed by atoms with Gasteiger partial charge in [0.1, 0.15) is 12.4 Å². The topological polar surface area (TPSA) is 9.23 Å². The quantitative estimate of drug-likeness (QED) is 0.552. The fourth-order valence-corrected chi connectivity index (χ4v) is 1.23. The molecule has 0 aliphatic carbocycles. The lowest BCUT2D eigenvalue weighted by Crippen LogP contribution is -1.94. The van der Waals surface area contributed by atoms with E-state index in [4.69, 9.17) is 27.9 Å². The van der Waals surface area contributed by atoms with Crippen molar-refractivity contribution in [3.05, 3.63) is 41.4 Å². The zero-order valence-corrected chi connectivity index (χ0v) is 8.61. The van der Waals surface area contributed by atoms with Crippen molar-refractivity contribution in [2.24, 2.45) is 0 Å². The Balaban J connectivity index is 2.83. The molecule has 0 aliphatic heterocycles. The summed E-state index contributed by atoms with van der Waals surface area (Å²) in [5.74, 6) is 1.11. The summed E-state index contributed by atoms with van der Waals surface area (Å²) in [4.78, 5) is 0. The highest BCUT2D eigenvalue weighted by Gasteiger charge is 2.01. The highest BCUT2D eigenvalue weighted by Crippen LogP contribution is 2.26. The second-order valence-electron chi connectivity index (χ2n) is 2.50. The number of benzene rings is 1. The Kier molecular flexibility index (Phi) is 4.13. The minimum absolute atomic E-state index is 0.450. The second kappa shape index (κ2) is 5.15. The van der Waals surface area contributed by atoms with Crippen LogP contribution < -0.4 is 4.74 Å². The molecule has 1 aromatic carbocycles. The summed E-state index contributed by atoms with van der Waals surface area (Å²) in [6.07, 6.45) is 1.67. The summed E-state index contributed by atoms with van der Waals surface area (Å²) >= 11 is 11.6. The third kappa shape index (κ3) is 2.94. The summed E-state index contributed by atoms with van der Waals surface area (Å²) in [7, 11) is 0. The zero-order valence-electron chi connectivity index (χ0n) is 7.09. The molecule has 0 bridgehead atoms. The van der Waals surface area contributed by atoms with Crippen LogP contribution in [0.1, 0.15) is 5.56 Å². The van der Waals surface area contributed by atoms with E-state index < -0.39 is 0 Å². The van der Waals surface area contributed by atoms with E-state index in [0.29, 0.717) is 23.3 Å². The molecule has 0 amide bonds. The van der Waals surface area contributed by atoms with Gasteiger partial charge in [0.2, 0.25) is 0 Å². The highest BCUT2D eigenvalue weighted by atomic mass is 35.5. The van der Waals surface area contributed by atoms with E-state index in [-0.39, 0.29) is 0 Å². The predicted octanol–water partition coefficient (Wildman–Crippen LogP) is 3.64. The minimum Gasteiger partial charge on any atom is -0.488 e. The fraction of sp³-hybridized carbons (Fsp3) is 0.200. The molecule has 1 aromatic rings. The lowest BCUT2D eigenvalue weighted by atomic mass is 10.2. The van der Waals surface area contributed by atoms with Gasteiger partial charge in [-0.3, -0.25) is 0 Å². The normalized spacial score (nSPS) is 9.69. The average molecular weight is 217 g/mol. The third-order valence-electron chi connectivity index (χ3n) is 1.51. The molecule has 0 heterocycles. The first-order valence-electron chi connectivity index (χ1n) is 3.86. The number of halogens is 2. The Morgan fingerprint density at radius 2 is 2.23 bits per heavy atom. The molecule has 0 N–H and O–H groups in total. The van der Waals surface area contributed by atoms with E-state index in [1.165, 1.54) is 0 Å². The number of rotatable bonds is 4. The molecule has 1 rings (SSSR count). The SMILES string of the molecule is C=CCOc1cc(CCl)ccc1Cl. The van der Waals surface area contributed by atoms with Crippen molar-refractivity contribution in [1.82, 2.24) is 0 Å². The van der Waals surface area contributed by atoms with Gasteiger partial charge in [0.25, 0.3) is 0 Å². The summed E-state index contributed by atoms with van der Waals surface area (Å²) in [6, 6.07) is 5.48. The predicted molar refractivity (Wildman–Crippen MR) is 56.7 cm³/mol. The van der Waals surface area contributed by atoms with Crippen LogP contribution in [0.25, 0.3) is 0 Å². The van der Waals surface area contributed by atoms with E-state index in [1.54, 1.807) is 12.1 Å². The fourth-order valence-electron chi connectivity index (χ4n) is 0.890. The van der Waals surface area contributed by atoms with Gasteiger partial charge in [-0.15, -0.1) is 11.6 Å². The standard InChI is InChI=1S/C10H10Cl2O/c1-2-5-13-10-6-8(7-11)3-4-9(10)12/h2-4,6H,1,5,7H2. The molecule has 0 saturated carbocycles. The van der Waals surface area contributed by atoms with Crippen LogP contribution in [0.2, 0.25) is 5.02 Å². The number of hydrogen-bond donors (Lipinski definition) is 0. The molecule has 3 heteroatoms. The molecule has 70 valence electrons. The van der Waals surface area contributed by atoms with Gasteiger partial charge >= 0.3 is 0 Å². The maximum Gasteiger partial charge on any atom is 0.138 e. The van der Waals surface area contributed by atoms with Crippen molar-refractivity contribution < 1.29 is 4.74 Å². The molecule has 0 atom stereocenters. The lowest BCUT2D eigenvalue weighted by Gasteiger charge is -2.06. The van der Waals surface area contributed by atoms with Crippen LogP contribution in [0.15, 0.2) is 30.9 Å². The van der Waals surface area contributed by atoms with E-state index >= 15 is 0 Å². The number of alkyl halides is 1. The molecule has 0 fully saturated rings. The van der Waals surface area contributed by atoms with E-state index in [1.807, 2.05) is 12.1 Å². The second-order valence-corrected chi connectivity index (χ2v) is 3.17. The van der Waals surface area contributed by atoms with Crippen LogP contribution in [-0.4, -0.2) is 6.61 Å². The zero-order chi connectivity index (χ0) is 9.68. The third-order valence-corrected chi connectivity index (χ3v) is 2.13. The molecule has 0 saturated heterocycles. The van der Waals surface area contributed by atoms with Crippen molar-refractivity contribution in [2.45, 2.75) is 5.88 Å². The van der Waals surface area contributed by atoms with Crippen molar-refractivity contribution in [1.29, 1.82) is 0 Å². The summed E-state index contributed by atoms with van der Waals surface area (Å²) < 4.78 is 5.32. The molecule has 0 aromatic heterocycles. The number of ether oxygens (including phenoxy) is 1. The van der Waals surface area contributed by atoms with Gasteiger partial charge in [-0.05, 0) is 17.7 Å². The van der Waals surface area contributed by atoms with E-state index in [9.17, 15) is 0 Å². The first kappa shape index (κ1) is 10.4. The Labute approximate surface area is 87.9 Å². The van der Waals surface area contributed by atoms with Crippen LogP contribution in [0.3, 0.4) is 0 Å². The Morgan fingerprint density at radius 1 is 1.46 bits per heavy atom. The molecule has 13 heavy (non-hydrogen) atoms. The van der Waals surface area contributed by atoms with Gasteiger partial charge in [-0.1, -0.05) is 30.3 Å². The van der Waals surface area contributed by atoms with Crippen LogP contribution in [0.4, 0.5) is 0 Å². The molecule has 0 unspecified atom stereocenters. The van der Waals surface area contributed by atoms with Crippen molar-refractivity contribution in [3.8, 4) is 5.75 Å². The van der Waals surface area contributed by atoms with Crippen LogP contribution in [0.5, 0.6) is 5.75 Å².